The molecule has 4 aromatic rings. The molecule has 7 nitrogen and oxygen atoms in total. The number of nitrogens with one attached hydrogen (secondary N) is 1. The lowest BCUT2D eigenvalue weighted by Gasteiger charge is -2.11. The van der Waals surface area contributed by atoms with Crippen LogP contribution in [0.1, 0.15) is 6.42 Å². The summed E-state index contributed by atoms with van der Waals surface area (Å²) < 4.78 is 10.5. The largest absolute Gasteiger partial charge is 0.497 e. The van der Waals surface area contributed by atoms with E-state index < -0.39 is 0 Å². The van der Waals surface area contributed by atoms with E-state index in [1.807, 2.05) is 60.7 Å². The first-order valence-corrected chi connectivity index (χ1v) is 11.7. The second kappa shape index (κ2) is 11.3. The summed E-state index contributed by atoms with van der Waals surface area (Å²) in [5, 5.41) is 12.2. The number of rotatable bonds is 9. The number of carbonyl (C=O) groups excluding carboxylic acids is 1. The molecule has 3 aromatic carbocycles. The second-order valence-electron chi connectivity index (χ2n) is 7.24. The molecule has 0 aliphatic rings. The summed E-state index contributed by atoms with van der Waals surface area (Å²) in [6.45, 7) is 0. The average molecular weight is 473 g/mol. The van der Waals surface area contributed by atoms with Crippen LogP contribution in [0.3, 0.4) is 0 Å². The second-order valence-corrected chi connectivity index (χ2v) is 8.30. The van der Waals surface area contributed by atoms with Crippen molar-refractivity contribution in [2.45, 2.75) is 11.6 Å². The monoisotopic (exact) mass is 472 g/mol. The summed E-state index contributed by atoms with van der Waals surface area (Å²) in [5.41, 5.74) is 3.99. The highest BCUT2D eigenvalue weighted by molar-refractivity contribution is 7.99. The Balaban J connectivity index is 1.45. The highest BCUT2D eigenvalue weighted by Crippen LogP contribution is 2.31. The molecule has 0 unspecified atom stereocenters. The Hall–Kier alpha value is -3.91. The van der Waals surface area contributed by atoms with Crippen LogP contribution in [0.2, 0.25) is 0 Å². The molecule has 1 amide bonds. The van der Waals surface area contributed by atoms with Crippen LogP contribution in [-0.2, 0) is 4.79 Å². The number of thioether (sulfide) groups is 1. The molecule has 0 bridgehead atoms. The maximum Gasteiger partial charge on any atom is 0.225 e. The third kappa shape index (κ3) is 5.71. The Morgan fingerprint density at radius 2 is 1.53 bits per heavy atom. The van der Waals surface area contributed by atoms with Crippen LogP contribution in [0, 0.1) is 0 Å². The number of benzene rings is 3. The molecule has 0 aliphatic heterocycles. The minimum atomic E-state index is -0.131. The highest BCUT2D eigenvalue weighted by Gasteiger charge is 2.14. The quantitative estimate of drug-likeness (QED) is 0.329. The van der Waals surface area contributed by atoms with Crippen molar-refractivity contribution in [3.8, 4) is 34.0 Å². The lowest BCUT2D eigenvalue weighted by Crippen LogP contribution is -2.13. The molecule has 0 aliphatic carbocycles. The van der Waals surface area contributed by atoms with Gasteiger partial charge in [0.25, 0.3) is 0 Å². The Morgan fingerprint density at radius 1 is 0.853 bits per heavy atom. The van der Waals surface area contributed by atoms with Crippen molar-refractivity contribution >= 4 is 23.4 Å². The molecule has 1 heterocycles. The smallest absolute Gasteiger partial charge is 0.225 e. The van der Waals surface area contributed by atoms with Gasteiger partial charge < -0.3 is 14.8 Å². The summed E-state index contributed by atoms with van der Waals surface area (Å²) >= 11 is 1.39. The van der Waals surface area contributed by atoms with Crippen molar-refractivity contribution < 1.29 is 14.3 Å². The minimum absolute atomic E-state index is 0.131. The van der Waals surface area contributed by atoms with Gasteiger partial charge >= 0.3 is 0 Å². The minimum Gasteiger partial charge on any atom is -0.497 e. The number of hydrogen-bond donors (Lipinski definition) is 1. The van der Waals surface area contributed by atoms with Crippen molar-refractivity contribution in [2.75, 3.05) is 25.3 Å². The van der Waals surface area contributed by atoms with E-state index in [0.717, 1.165) is 22.5 Å². The molecule has 4 rings (SSSR count). The van der Waals surface area contributed by atoms with E-state index in [4.69, 9.17) is 14.5 Å². The maximum atomic E-state index is 12.5. The first kappa shape index (κ1) is 23.3. The number of aromatic nitrogens is 3. The van der Waals surface area contributed by atoms with Gasteiger partial charge in [-0.15, -0.1) is 10.2 Å². The van der Waals surface area contributed by atoms with E-state index in [2.05, 4.69) is 15.5 Å². The van der Waals surface area contributed by atoms with E-state index in [9.17, 15) is 4.79 Å². The number of carbonyl (C=O) groups is 1. The van der Waals surface area contributed by atoms with E-state index in [1.165, 1.54) is 11.8 Å². The molecule has 0 saturated carbocycles. The van der Waals surface area contributed by atoms with Crippen LogP contribution >= 0.6 is 11.8 Å². The van der Waals surface area contributed by atoms with E-state index in [-0.39, 0.29) is 12.3 Å². The average Bonchev–Trinajstić information content (AvgIpc) is 2.90. The molecule has 1 aromatic heterocycles. The first-order chi connectivity index (χ1) is 16.7. The number of ether oxygens (including phenoxy) is 2. The molecule has 0 spiro atoms. The Bertz CT molecular complexity index is 1250. The summed E-state index contributed by atoms with van der Waals surface area (Å²) in [7, 11) is 3.13. The third-order valence-electron chi connectivity index (χ3n) is 5.00. The van der Waals surface area contributed by atoms with Gasteiger partial charge in [0.15, 0.2) is 0 Å². The highest BCUT2D eigenvalue weighted by atomic mass is 32.2. The molecule has 8 heteroatoms. The van der Waals surface area contributed by atoms with Gasteiger partial charge in [0, 0.05) is 29.4 Å². The van der Waals surface area contributed by atoms with E-state index in [1.54, 1.807) is 32.4 Å². The zero-order valence-corrected chi connectivity index (χ0v) is 19.7. The molecular weight excluding hydrogens is 448 g/mol. The number of amides is 1. The van der Waals surface area contributed by atoms with Gasteiger partial charge in [-0.05, 0) is 12.1 Å². The molecule has 0 saturated heterocycles. The predicted molar refractivity (Wildman–Crippen MR) is 134 cm³/mol. The van der Waals surface area contributed by atoms with Gasteiger partial charge in [-0.2, -0.15) is 0 Å². The van der Waals surface area contributed by atoms with Crippen LogP contribution in [0.4, 0.5) is 5.69 Å². The molecule has 34 heavy (non-hydrogen) atoms. The first-order valence-electron chi connectivity index (χ1n) is 10.7. The van der Waals surface area contributed by atoms with Gasteiger partial charge in [-0.25, -0.2) is 4.98 Å². The van der Waals surface area contributed by atoms with Gasteiger partial charge in [0.2, 0.25) is 11.1 Å². The fourth-order valence-electron chi connectivity index (χ4n) is 3.31. The van der Waals surface area contributed by atoms with Gasteiger partial charge in [0.1, 0.15) is 22.9 Å². The van der Waals surface area contributed by atoms with Gasteiger partial charge in [-0.3, -0.25) is 4.79 Å². The van der Waals surface area contributed by atoms with Crippen LogP contribution in [-0.4, -0.2) is 41.1 Å². The Labute approximate surface area is 202 Å². The van der Waals surface area contributed by atoms with Crippen LogP contribution in [0.15, 0.2) is 84.0 Å². The molecule has 172 valence electrons. The molecule has 0 atom stereocenters. The van der Waals surface area contributed by atoms with Crippen LogP contribution in [0.25, 0.3) is 22.5 Å². The SMILES string of the molecule is COc1ccc(NC(=O)CCSc2nnc(-c3ccccc3)c(-c3ccccc3)n2)c(OC)c1. The fraction of sp³-hybridized carbons (Fsp3) is 0.154. The van der Waals surface area contributed by atoms with Crippen LogP contribution in [0.5, 0.6) is 11.5 Å². The summed E-state index contributed by atoms with van der Waals surface area (Å²) in [6.07, 6.45) is 0.282. The number of hydrogen-bond acceptors (Lipinski definition) is 7. The summed E-state index contributed by atoms with van der Waals surface area (Å²) in [5.74, 6) is 1.57. The van der Waals surface area contributed by atoms with Gasteiger partial charge in [0.05, 0.1) is 19.9 Å². The van der Waals surface area contributed by atoms with E-state index in [0.29, 0.717) is 28.1 Å². The Morgan fingerprint density at radius 3 is 2.18 bits per heavy atom. The maximum absolute atomic E-state index is 12.5. The topological polar surface area (TPSA) is 86.2 Å². The normalized spacial score (nSPS) is 10.5. The van der Waals surface area contributed by atoms with Crippen molar-refractivity contribution in [1.29, 1.82) is 0 Å². The summed E-state index contributed by atoms with van der Waals surface area (Å²) in [4.78, 5) is 17.3. The van der Waals surface area contributed by atoms with E-state index >= 15 is 0 Å². The van der Waals surface area contributed by atoms with Crippen LogP contribution < -0.4 is 14.8 Å². The third-order valence-corrected chi connectivity index (χ3v) is 5.84. The van der Waals surface area contributed by atoms with Gasteiger partial charge in [-0.1, -0.05) is 72.4 Å². The lowest BCUT2D eigenvalue weighted by atomic mass is 10.0. The zero-order chi connectivity index (χ0) is 23.8. The van der Waals surface area contributed by atoms with Crippen molar-refractivity contribution in [2.24, 2.45) is 0 Å². The molecule has 0 radical (unpaired) electrons. The van der Waals surface area contributed by atoms with Crippen molar-refractivity contribution in [3.05, 3.63) is 78.9 Å². The van der Waals surface area contributed by atoms with Crippen molar-refractivity contribution in [1.82, 2.24) is 15.2 Å². The lowest BCUT2D eigenvalue weighted by molar-refractivity contribution is -0.115. The number of nitrogens with zero attached hydrogens (tertiary/aromatic N) is 3. The zero-order valence-electron chi connectivity index (χ0n) is 18.9. The standard InChI is InChI=1S/C26H24N4O3S/c1-32-20-13-14-21(22(17-20)33-2)27-23(31)15-16-34-26-28-24(18-9-5-3-6-10-18)25(29-30-26)19-11-7-4-8-12-19/h3-14,17H,15-16H2,1-2H3,(H,27,31). The summed E-state index contributed by atoms with van der Waals surface area (Å²) in [6, 6.07) is 25.0. The predicted octanol–water partition coefficient (Wildman–Crippen LogP) is 5.34. The van der Waals surface area contributed by atoms with Crippen molar-refractivity contribution in [3.63, 3.8) is 0 Å². The number of anilines is 1. The molecule has 1 N–H and O–H groups in total. The molecular formula is C26H24N4O3S. The number of methoxy groups -OCH3 is 2. The Kier molecular flexibility index (Phi) is 7.72. The molecule has 0 fully saturated rings. The fourth-order valence-corrected chi connectivity index (χ4v) is 4.03.